The van der Waals surface area contributed by atoms with Gasteiger partial charge in [0.1, 0.15) is 11.4 Å². The van der Waals surface area contributed by atoms with Crippen molar-refractivity contribution in [1.82, 2.24) is 0 Å². The van der Waals surface area contributed by atoms with Crippen molar-refractivity contribution in [3.63, 3.8) is 0 Å². The number of ketones is 1. The molecule has 1 aromatic carbocycles. The van der Waals surface area contributed by atoms with Crippen LogP contribution in [0.1, 0.15) is 76.6 Å². The number of fused-ring (bicyclic) bond motifs is 1. The van der Waals surface area contributed by atoms with Crippen LogP contribution >= 0.6 is 0 Å². The zero-order valence-corrected chi connectivity index (χ0v) is 19.1. The van der Waals surface area contributed by atoms with Gasteiger partial charge in [-0.1, -0.05) is 47.0 Å². The van der Waals surface area contributed by atoms with Crippen molar-refractivity contribution >= 4 is 17.4 Å². The molecule has 168 valence electrons. The molecule has 0 saturated heterocycles. The number of carbonyl (C=O) groups excluding carboxylic acids is 2. The van der Waals surface area contributed by atoms with E-state index in [1.165, 1.54) is 7.11 Å². The van der Waals surface area contributed by atoms with E-state index in [4.69, 9.17) is 14.2 Å². The van der Waals surface area contributed by atoms with Gasteiger partial charge in [0.05, 0.1) is 19.3 Å². The molecule has 0 aliphatic carbocycles. The number of anilines is 1. The van der Waals surface area contributed by atoms with Crippen LogP contribution in [0.4, 0.5) is 5.69 Å². The van der Waals surface area contributed by atoms with E-state index in [0.29, 0.717) is 41.7 Å². The lowest BCUT2D eigenvalue weighted by Gasteiger charge is -2.26. The predicted octanol–water partition coefficient (Wildman–Crippen LogP) is 5.25. The van der Waals surface area contributed by atoms with E-state index in [1.807, 2.05) is 13.8 Å². The average Bonchev–Trinajstić information content (AvgIpc) is 2.70. The highest BCUT2D eigenvalue weighted by Crippen LogP contribution is 2.41. The molecule has 1 aliphatic heterocycles. The van der Waals surface area contributed by atoms with E-state index in [-0.39, 0.29) is 11.7 Å². The maximum Gasteiger partial charge on any atom is 0.230 e. The largest absolute Gasteiger partial charge is 0.494 e. The summed E-state index contributed by atoms with van der Waals surface area (Å²) in [4.78, 5) is 25.2. The number of ether oxygens (including phenoxy) is 3. The molecule has 1 heterocycles. The van der Waals surface area contributed by atoms with Crippen molar-refractivity contribution < 1.29 is 23.8 Å². The minimum absolute atomic E-state index is 0.0195. The first kappa shape index (κ1) is 24.2. The van der Waals surface area contributed by atoms with Gasteiger partial charge >= 0.3 is 0 Å². The molecule has 0 unspecified atom stereocenters. The van der Waals surface area contributed by atoms with E-state index < -0.39 is 5.41 Å². The molecule has 1 N–H and O–H groups in total. The van der Waals surface area contributed by atoms with Crippen molar-refractivity contribution in [3.05, 3.63) is 17.7 Å². The van der Waals surface area contributed by atoms with Crippen LogP contribution in [0.2, 0.25) is 0 Å². The zero-order valence-electron chi connectivity index (χ0n) is 19.1. The topological polar surface area (TPSA) is 73.9 Å². The van der Waals surface area contributed by atoms with Crippen LogP contribution in [0, 0.1) is 11.3 Å². The third-order valence-electron chi connectivity index (χ3n) is 5.36. The number of rotatable bonds is 12. The van der Waals surface area contributed by atoms with E-state index in [1.54, 1.807) is 12.1 Å². The standard InChI is InChI=1S/C24H37NO5/c1-17(2)16-29-14-9-7-6-8-13-24(3,4)23(27)25-21-20(28-5)11-10-18-19(26)12-15-30-22(18)21/h10-11,17H,6-9,12-16H2,1-5H3,(H,25,27). The zero-order chi connectivity index (χ0) is 22.1. The van der Waals surface area contributed by atoms with Gasteiger partial charge in [0.2, 0.25) is 5.91 Å². The van der Waals surface area contributed by atoms with Gasteiger partial charge in [-0.3, -0.25) is 9.59 Å². The SMILES string of the molecule is COc1ccc2c(c1NC(=O)C(C)(C)CCCCCCOCC(C)C)OCCC2=O. The minimum atomic E-state index is -0.541. The Balaban J connectivity index is 1.89. The van der Waals surface area contributed by atoms with Crippen LogP contribution in [0.5, 0.6) is 11.5 Å². The van der Waals surface area contributed by atoms with Crippen LogP contribution < -0.4 is 14.8 Å². The van der Waals surface area contributed by atoms with Gasteiger partial charge in [-0.2, -0.15) is 0 Å². The van der Waals surface area contributed by atoms with Gasteiger partial charge in [0.15, 0.2) is 11.5 Å². The molecular weight excluding hydrogens is 382 g/mol. The molecule has 2 rings (SSSR count). The third kappa shape index (κ3) is 6.73. The molecule has 0 fully saturated rings. The molecule has 6 nitrogen and oxygen atoms in total. The maximum atomic E-state index is 13.0. The van der Waals surface area contributed by atoms with Crippen molar-refractivity contribution in [1.29, 1.82) is 0 Å². The second kappa shape index (κ2) is 11.3. The van der Waals surface area contributed by atoms with Crippen LogP contribution in [0.15, 0.2) is 12.1 Å². The molecule has 0 spiro atoms. The van der Waals surface area contributed by atoms with Crippen molar-refractivity contribution in [3.8, 4) is 11.5 Å². The molecule has 0 radical (unpaired) electrons. The number of Topliss-reactive ketones (excluding diaryl/α,β-unsaturated/α-hetero) is 1. The Morgan fingerprint density at radius 2 is 1.93 bits per heavy atom. The van der Waals surface area contributed by atoms with Crippen molar-refractivity contribution in [2.24, 2.45) is 11.3 Å². The third-order valence-corrected chi connectivity index (χ3v) is 5.36. The minimum Gasteiger partial charge on any atom is -0.494 e. The van der Waals surface area contributed by atoms with Gasteiger partial charge in [-0.05, 0) is 30.9 Å². The van der Waals surface area contributed by atoms with Crippen LogP contribution in [0.25, 0.3) is 0 Å². The Morgan fingerprint density at radius 1 is 1.20 bits per heavy atom. The van der Waals surface area contributed by atoms with Crippen LogP contribution in [-0.2, 0) is 9.53 Å². The lowest BCUT2D eigenvalue weighted by Crippen LogP contribution is -2.31. The molecule has 1 aliphatic rings. The average molecular weight is 420 g/mol. The summed E-state index contributed by atoms with van der Waals surface area (Å²) in [6.07, 6.45) is 5.33. The highest BCUT2D eigenvalue weighted by molar-refractivity contribution is 6.05. The quantitative estimate of drug-likeness (QED) is 0.469. The maximum absolute atomic E-state index is 13.0. The summed E-state index contributed by atoms with van der Waals surface area (Å²) in [7, 11) is 1.54. The molecule has 6 heteroatoms. The Bertz CT molecular complexity index is 727. The number of carbonyl (C=O) groups is 2. The Labute approximate surface area is 180 Å². The van der Waals surface area contributed by atoms with Gasteiger partial charge in [0.25, 0.3) is 0 Å². The number of methoxy groups -OCH3 is 1. The smallest absolute Gasteiger partial charge is 0.230 e. The first-order valence-corrected chi connectivity index (χ1v) is 11.0. The highest BCUT2D eigenvalue weighted by Gasteiger charge is 2.31. The summed E-state index contributed by atoms with van der Waals surface area (Å²) in [6.45, 7) is 10.1. The molecule has 1 amide bonds. The van der Waals surface area contributed by atoms with Gasteiger partial charge in [-0.15, -0.1) is 0 Å². The van der Waals surface area contributed by atoms with Crippen LogP contribution in [0.3, 0.4) is 0 Å². The fourth-order valence-corrected chi connectivity index (χ4v) is 3.44. The molecule has 0 aromatic heterocycles. The summed E-state index contributed by atoms with van der Waals surface area (Å²) in [6, 6.07) is 3.40. The fraction of sp³-hybridized carbons (Fsp3) is 0.667. The summed E-state index contributed by atoms with van der Waals surface area (Å²) in [5, 5.41) is 2.97. The first-order valence-electron chi connectivity index (χ1n) is 11.0. The van der Waals surface area contributed by atoms with E-state index in [2.05, 4.69) is 19.2 Å². The number of nitrogens with one attached hydrogen (secondary N) is 1. The second-order valence-electron chi connectivity index (χ2n) is 9.01. The van der Waals surface area contributed by atoms with E-state index in [0.717, 1.165) is 45.3 Å². The fourth-order valence-electron chi connectivity index (χ4n) is 3.44. The lowest BCUT2D eigenvalue weighted by molar-refractivity contribution is -0.124. The van der Waals surface area contributed by atoms with Crippen molar-refractivity contribution in [2.75, 3.05) is 32.2 Å². The number of benzene rings is 1. The summed E-state index contributed by atoms with van der Waals surface area (Å²) in [5.41, 5.74) is 0.402. The highest BCUT2D eigenvalue weighted by atomic mass is 16.5. The van der Waals surface area contributed by atoms with E-state index in [9.17, 15) is 9.59 Å². The van der Waals surface area contributed by atoms with E-state index >= 15 is 0 Å². The predicted molar refractivity (Wildman–Crippen MR) is 119 cm³/mol. The molecule has 30 heavy (non-hydrogen) atoms. The first-order chi connectivity index (χ1) is 14.3. The molecular formula is C24H37NO5. The number of amides is 1. The normalized spacial score (nSPS) is 13.7. The van der Waals surface area contributed by atoms with Crippen LogP contribution in [-0.4, -0.2) is 38.6 Å². The summed E-state index contributed by atoms with van der Waals surface area (Å²) in [5.74, 6) is 1.40. The lowest BCUT2D eigenvalue weighted by atomic mass is 9.85. The molecule has 0 atom stereocenters. The second-order valence-corrected chi connectivity index (χ2v) is 9.01. The Hall–Kier alpha value is -2.08. The van der Waals surface area contributed by atoms with Gasteiger partial charge in [0, 0.05) is 25.0 Å². The van der Waals surface area contributed by atoms with Crippen molar-refractivity contribution in [2.45, 2.75) is 66.2 Å². The molecule has 0 bridgehead atoms. The van der Waals surface area contributed by atoms with Gasteiger partial charge in [-0.25, -0.2) is 0 Å². The monoisotopic (exact) mass is 419 g/mol. The number of unbranched alkanes of at least 4 members (excludes halogenated alkanes) is 3. The summed E-state index contributed by atoms with van der Waals surface area (Å²) < 4.78 is 16.7. The Morgan fingerprint density at radius 3 is 2.63 bits per heavy atom. The Kier molecular flexibility index (Phi) is 9.15. The molecule has 1 aromatic rings. The number of hydrogen-bond acceptors (Lipinski definition) is 5. The number of hydrogen-bond donors (Lipinski definition) is 1. The summed E-state index contributed by atoms with van der Waals surface area (Å²) >= 11 is 0. The molecule has 0 saturated carbocycles. The van der Waals surface area contributed by atoms with Gasteiger partial charge < -0.3 is 19.5 Å².